The minimum Gasteiger partial charge on any atom is -0.484 e. The van der Waals surface area contributed by atoms with E-state index in [9.17, 15) is 9.18 Å². The number of anilines is 2. The summed E-state index contributed by atoms with van der Waals surface area (Å²) in [6.45, 7) is 1.66. The Bertz CT molecular complexity index is 1120. The van der Waals surface area contributed by atoms with Crippen LogP contribution >= 0.6 is 11.6 Å². The van der Waals surface area contributed by atoms with Crippen LogP contribution in [0, 0.1) is 18.2 Å². The minimum absolute atomic E-state index is 0.0440. The highest BCUT2D eigenvalue weighted by Gasteiger charge is 2.21. The maximum atomic E-state index is 14.9. The number of hydrogen-bond donors (Lipinski definition) is 3. The number of nitrogen functional groups attached to an aromatic ring is 1. The zero-order valence-corrected chi connectivity index (χ0v) is 16.7. The molecule has 0 bridgehead atoms. The fourth-order valence-corrected chi connectivity index (χ4v) is 2.75. The maximum absolute atomic E-state index is 14.9. The molecule has 30 heavy (non-hydrogen) atoms. The van der Waals surface area contributed by atoms with Gasteiger partial charge in [0.25, 0.3) is 5.91 Å². The normalized spacial score (nSPS) is 10.5. The molecule has 0 aliphatic heterocycles. The number of halogens is 2. The highest BCUT2D eigenvalue weighted by atomic mass is 35.5. The van der Waals surface area contributed by atoms with Crippen molar-refractivity contribution < 1.29 is 23.2 Å². The second kappa shape index (κ2) is 8.78. The van der Waals surface area contributed by atoms with E-state index < -0.39 is 17.3 Å². The molecule has 2 aromatic heterocycles. The monoisotopic (exact) mass is 433 g/mol. The predicted octanol–water partition coefficient (Wildman–Crippen LogP) is 3.56. The third kappa shape index (κ3) is 4.49. The number of rotatable bonds is 6. The summed E-state index contributed by atoms with van der Waals surface area (Å²) in [7, 11) is 1.30. The lowest BCUT2D eigenvalue weighted by molar-refractivity contribution is 0.102. The van der Waals surface area contributed by atoms with Gasteiger partial charge < -0.3 is 25.0 Å². The van der Waals surface area contributed by atoms with Crippen LogP contribution in [0.5, 0.6) is 5.75 Å². The molecule has 0 aliphatic carbocycles. The van der Waals surface area contributed by atoms with Gasteiger partial charge in [-0.1, -0.05) is 16.8 Å². The average Bonchev–Trinajstić information content (AvgIpc) is 3.13. The number of pyridine rings is 1. The highest BCUT2D eigenvalue weighted by molar-refractivity contribution is 6.34. The van der Waals surface area contributed by atoms with Crippen LogP contribution < -0.4 is 15.8 Å². The molecule has 9 nitrogen and oxygen atoms in total. The number of carbonyl (C=O) groups is 1. The fourth-order valence-electron chi connectivity index (χ4n) is 2.52. The van der Waals surface area contributed by atoms with Crippen molar-refractivity contribution in [1.29, 1.82) is 5.41 Å². The van der Waals surface area contributed by atoms with Crippen molar-refractivity contribution in [2.45, 2.75) is 13.5 Å². The number of aromatic nitrogens is 2. The van der Waals surface area contributed by atoms with Crippen LogP contribution in [-0.2, 0) is 11.3 Å². The standard InChI is InChI=1S/C19H17ClFN5O4/c1-9-5-11(26-30-9)8-29-14-4-3-13(20)15(16(14)21)19(27)25-10-6-12(18(23)28-2)17(22)24-7-10/h3-7,23H,8H2,1-2H3,(H2,22,24)(H,25,27). The molecule has 3 rings (SSSR count). The van der Waals surface area contributed by atoms with E-state index in [4.69, 9.17) is 36.7 Å². The fraction of sp³-hybridized carbons (Fsp3) is 0.158. The van der Waals surface area contributed by atoms with Crippen LogP contribution in [0.15, 0.2) is 35.0 Å². The third-order valence-corrected chi connectivity index (χ3v) is 4.28. The van der Waals surface area contributed by atoms with Gasteiger partial charge in [0.15, 0.2) is 11.6 Å². The minimum atomic E-state index is -0.937. The lowest BCUT2D eigenvalue weighted by Gasteiger charge is -2.12. The third-order valence-electron chi connectivity index (χ3n) is 3.96. The van der Waals surface area contributed by atoms with Crippen molar-refractivity contribution >= 4 is 34.9 Å². The van der Waals surface area contributed by atoms with Gasteiger partial charge in [-0.3, -0.25) is 10.2 Å². The van der Waals surface area contributed by atoms with E-state index >= 15 is 0 Å². The lowest BCUT2D eigenvalue weighted by atomic mass is 10.1. The van der Waals surface area contributed by atoms with Crippen LogP contribution in [-0.4, -0.2) is 29.1 Å². The first kappa shape index (κ1) is 21.1. The van der Waals surface area contributed by atoms with Gasteiger partial charge in [-0.15, -0.1) is 0 Å². The number of hydrogen-bond acceptors (Lipinski definition) is 8. The number of carbonyl (C=O) groups excluding carboxylic acids is 1. The van der Waals surface area contributed by atoms with Crippen molar-refractivity contribution in [2.75, 3.05) is 18.2 Å². The molecule has 0 fully saturated rings. The van der Waals surface area contributed by atoms with Gasteiger partial charge in [0.2, 0.25) is 5.90 Å². The number of amides is 1. The Kier molecular flexibility index (Phi) is 6.17. The largest absolute Gasteiger partial charge is 0.484 e. The van der Waals surface area contributed by atoms with Crippen molar-refractivity contribution in [3.63, 3.8) is 0 Å². The molecule has 1 aromatic carbocycles. The summed E-state index contributed by atoms with van der Waals surface area (Å²) in [4.78, 5) is 16.6. The summed E-state index contributed by atoms with van der Waals surface area (Å²) in [6, 6.07) is 5.68. The van der Waals surface area contributed by atoms with Crippen LogP contribution in [0.4, 0.5) is 15.9 Å². The summed E-state index contributed by atoms with van der Waals surface area (Å²) >= 11 is 6.04. The molecule has 0 radical (unpaired) electrons. The molecule has 0 atom stereocenters. The summed E-state index contributed by atoms with van der Waals surface area (Å²) in [5.74, 6) is -1.55. The zero-order chi connectivity index (χ0) is 21.8. The molecule has 0 spiro atoms. The number of methoxy groups -OCH3 is 1. The second-order valence-electron chi connectivity index (χ2n) is 6.10. The molecule has 3 aromatic rings. The molecule has 4 N–H and O–H groups in total. The van der Waals surface area contributed by atoms with Gasteiger partial charge in [-0.25, -0.2) is 9.37 Å². The quantitative estimate of drug-likeness (QED) is 0.399. The molecule has 11 heteroatoms. The van der Waals surface area contributed by atoms with Gasteiger partial charge in [0.05, 0.1) is 35.1 Å². The number of benzene rings is 1. The van der Waals surface area contributed by atoms with Crippen LogP contribution in [0.3, 0.4) is 0 Å². The summed E-state index contributed by atoms with van der Waals surface area (Å²) in [5.41, 5.74) is 6.10. The van der Waals surface area contributed by atoms with E-state index in [0.29, 0.717) is 11.5 Å². The Morgan fingerprint density at radius 3 is 2.83 bits per heavy atom. The Balaban J connectivity index is 1.82. The number of aryl methyl sites for hydroxylation is 1. The molecular formula is C19H17ClFN5O4. The molecule has 0 aliphatic rings. The number of ether oxygens (including phenoxy) is 2. The van der Waals surface area contributed by atoms with Gasteiger partial charge in [-0.2, -0.15) is 0 Å². The van der Waals surface area contributed by atoms with E-state index in [1.807, 2.05) is 0 Å². The van der Waals surface area contributed by atoms with Crippen molar-refractivity contribution in [3.05, 3.63) is 63.9 Å². The van der Waals surface area contributed by atoms with E-state index in [1.54, 1.807) is 13.0 Å². The Hall–Kier alpha value is -3.66. The Labute approximate surface area is 175 Å². The van der Waals surface area contributed by atoms with Crippen molar-refractivity contribution in [3.8, 4) is 5.75 Å². The molecule has 0 saturated carbocycles. The topological polar surface area (TPSA) is 136 Å². The van der Waals surface area contributed by atoms with E-state index in [1.165, 1.54) is 31.5 Å². The SMILES string of the molecule is COC(=N)c1cc(NC(=O)c2c(Cl)ccc(OCc3cc(C)on3)c2F)cnc1N. The average molecular weight is 434 g/mol. The molecular weight excluding hydrogens is 417 g/mol. The van der Waals surface area contributed by atoms with Gasteiger partial charge in [0.1, 0.15) is 23.9 Å². The number of nitrogens with zero attached hydrogens (tertiary/aromatic N) is 2. The van der Waals surface area contributed by atoms with Crippen LogP contribution in [0.25, 0.3) is 0 Å². The first-order chi connectivity index (χ1) is 14.3. The highest BCUT2D eigenvalue weighted by Crippen LogP contribution is 2.29. The van der Waals surface area contributed by atoms with Crippen LogP contribution in [0.2, 0.25) is 5.02 Å². The van der Waals surface area contributed by atoms with Crippen molar-refractivity contribution in [1.82, 2.24) is 10.1 Å². The number of nitrogens with two attached hydrogens (primary N) is 1. The van der Waals surface area contributed by atoms with E-state index in [0.717, 1.165) is 0 Å². The second-order valence-corrected chi connectivity index (χ2v) is 6.50. The zero-order valence-electron chi connectivity index (χ0n) is 16.0. The Morgan fingerprint density at radius 2 is 2.17 bits per heavy atom. The summed E-state index contributed by atoms with van der Waals surface area (Å²) < 4.78 is 30.1. The summed E-state index contributed by atoms with van der Waals surface area (Å²) in [5, 5.41) is 13.8. The van der Waals surface area contributed by atoms with Crippen LogP contribution in [0.1, 0.15) is 27.4 Å². The lowest BCUT2D eigenvalue weighted by Crippen LogP contribution is -2.16. The van der Waals surface area contributed by atoms with Crippen molar-refractivity contribution in [2.24, 2.45) is 0 Å². The molecule has 2 heterocycles. The van der Waals surface area contributed by atoms with Gasteiger partial charge in [-0.05, 0) is 25.1 Å². The molecule has 156 valence electrons. The first-order valence-corrected chi connectivity index (χ1v) is 8.90. The maximum Gasteiger partial charge on any atom is 0.260 e. The van der Waals surface area contributed by atoms with E-state index in [2.05, 4.69) is 15.5 Å². The molecule has 1 amide bonds. The summed E-state index contributed by atoms with van der Waals surface area (Å²) in [6.07, 6.45) is 1.26. The number of nitrogens with one attached hydrogen (secondary N) is 2. The first-order valence-electron chi connectivity index (χ1n) is 8.53. The van der Waals surface area contributed by atoms with E-state index in [-0.39, 0.29) is 40.3 Å². The molecule has 0 saturated heterocycles. The van der Waals surface area contributed by atoms with Gasteiger partial charge in [0, 0.05) is 6.07 Å². The molecule has 0 unspecified atom stereocenters. The predicted molar refractivity (Wildman–Crippen MR) is 107 cm³/mol. The smallest absolute Gasteiger partial charge is 0.260 e. The Morgan fingerprint density at radius 1 is 1.40 bits per heavy atom. The van der Waals surface area contributed by atoms with Gasteiger partial charge >= 0.3 is 0 Å².